The Morgan fingerprint density at radius 2 is 1.69 bits per heavy atom. The molecule has 1 aromatic carbocycles. The molecule has 0 aromatic heterocycles. The lowest BCUT2D eigenvalue weighted by molar-refractivity contribution is -0.142. The van der Waals surface area contributed by atoms with Crippen LogP contribution in [0.25, 0.3) is 0 Å². The standard InChI is InChI=1S/C20H21ClN2O3/c21-11-16(24)22(12-13-4-2-1-3-5-13)8-9-23-19(25)17-14-6-7-15(10-14)18(17)20(23)26/h1-7,14-15,17-18H,8-12H2/t14-,15+,17+,18-. The monoisotopic (exact) mass is 372 g/mol. The van der Waals surface area contributed by atoms with Crippen LogP contribution in [0.1, 0.15) is 12.0 Å². The van der Waals surface area contributed by atoms with Crippen molar-refractivity contribution in [2.75, 3.05) is 19.0 Å². The number of fused-ring (bicyclic) bond motifs is 5. The molecule has 1 heterocycles. The summed E-state index contributed by atoms with van der Waals surface area (Å²) >= 11 is 5.74. The number of carbonyl (C=O) groups excluding carboxylic acids is 3. The van der Waals surface area contributed by atoms with Gasteiger partial charge in [0.2, 0.25) is 17.7 Å². The largest absolute Gasteiger partial charge is 0.336 e. The Morgan fingerprint density at radius 1 is 1.08 bits per heavy atom. The quantitative estimate of drug-likeness (QED) is 0.436. The Labute approximate surface area is 157 Å². The van der Waals surface area contributed by atoms with Crippen LogP contribution >= 0.6 is 11.6 Å². The molecule has 4 atom stereocenters. The van der Waals surface area contributed by atoms with E-state index >= 15 is 0 Å². The first kappa shape index (κ1) is 17.3. The molecule has 0 spiro atoms. The summed E-state index contributed by atoms with van der Waals surface area (Å²) < 4.78 is 0. The van der Waals surface area contributed by atoms with Crippen molar-refractivity contribution in [3.63, 3.8) is 0 Å². The van der Waals surface area contributed by atoms with Gasteiger partial charge >= 0.3 is 0 Å². The molecule has 2 fully saturated rings. The first-order valence-electron chi connectivity index (χ1n) is 9.01. The lowest BCUT2D eigenvalue weighted by atomic mass is 9.85. The SMILES string of the molecule is O=C(CCl)N(CCN1C(=O)[C@@H]2[C@H](C1=O)[C@H]1C=C[C@@H]2C1)Cc1ccccc1. The second-order valence-corrected chi connectivity index (χ2v) is 7.53. The zero-order valence-corrected chi connectivity index (χ0v) is 15.1. The van der Waals surface area contributed by atoms with Gasteiger partial charge in [-0.3, -0.25) is 19.3 Å². The number of carbonyl (C=O) groups is 3. The Hall–Kier alpha value is -2.14. The van der Waals surface area contributed by atoms with Gasteiger partial charge in [-0.15, -0.1) is 11.6 Å². The highest BCUT2D eigenvalue weighted by Crippen LogP contribution is 2.52. The highest BCUT2D eigenvalue weighted by molar-refractivity contribution is 6.27. The molecule has 0 N–H and O–H groups in total. The first-order chi connectivity index (χ1) is 12.6. The van der Waals surface area contributed by atoms with Crippen LogP contribution in [0, 0.1) is 23.7 Å². The topological polar surface area (TPSA) is 57.7 Å². The molecule has 26 heavy (non-hydrogen) atoms. The van der Waals surface area contributed by atoms with E-state index in [4.69, 9.17) is 11.6 Å². The van der Waals surface area contributed by atoms with Crippen molar-refractivity contribution in [3.8, 4) is 0 Å². The van der Waals surface area contributed by atoms with Crippen molar-refractivity contribution in [3.05, 3.63) is 48.0 Å². The number of alkyl halides is 1. The van der Waals surface area contributed by atoms with E-state index in [0.717, 1.165) is 12.0 Å². The van der Waals surface area contributed by atoms with Crippen LogP contribution < -0.4 is 0 Å². The summed E-state index contributed by atoms with van der Waals surface area (Å²) in [7, 11) is 0. The molecule has 0 unspecified atom stereocenters. The van der Waals surface area contributed by atoms with E-state index in [-0.39, 0.29) is 53.8 Å². The van der Waals surface area contributed by atoms with Gasteiger partial charge in [0, 0.05) is 19.6 Å². The maximum atomic E-state index is 12.7. The van der Waals surface area contributed by atoms with Crippen molar-refractivity contribution in [1.29, 1.82) is 0 Å². The van der Waals surface area contributed by atoms with Crippen molar-refractivity contribution < 1.29 is 14.4 Å². The summed E-state index contributed by atoms with van der Waals surface area (Å²) in [4.78, 5) is 40.6. The smallest absolute Gasteiger partial charge is 0.237 e. The third kappa shape index (κ3) is 2.84. The number of rotatable bonds is 6. The number of nitrogens with zero attached hydrogens (tertiary/aromatic N) is 2. The summed E-state index contributed by atoms with van der Waals surface area (Å²) in [5, 5.41) is 0. The third-order valence-electron chi connectivity index (χ3n) is 5.84. The molecule has 5 nitrogen and oxygen atoms in total. The molecule has 136 valence electrons. The van der Waals surface area contributed by atoms with Crippen molar-refractivity contribution in [2.45, 2.75) is 13.0 Å². The van der Waals surface area contributed by atoms with E-state index in [2.05, 4.69) is 12.2 Å². The second kappa shape index (κ2) is 6.88. The van der Waals surface area contributed by atoms with Crippen LogP contribution in [0.3, 0.4) is 0 Å². The summed E-state index contributed by atoms with van der Waals surface area (Å²) in [5.41, 5.74) is 0.990. The van der Waals surface area contributed by atoms with Crippen LogP contribution in [0.15, 0.2) is 42.5 Å². The molecule has 1 saturated carbocycles. The fourth-order valence-electron chi connectivity index (χ4n) is 4.59. The maximum absolute atomic E-state index is 12.7. The summed E-state index contributed by atoms with van der Waals surface area (Å²) in [6, 6.07) is 9.62. The minimum Gasteiger partial charge on any atom is -0.336 e. The second-order valence-electron chi connectivity index (χ2n) is 7.26. The number of hydrogen-bond donors (Lipinski definition) is 0. The van der Waals surface area contributed by atoms with Crippen LogP contribution in [-0.4, -0.2) is 46.5 Å². The van der Waals surface area contributed by atoms with E-state index in [1.54, 1.807) is 4.90 Å². The predicted molar refractivity (Wildman–Crippen MR) is 97.0 cm³/mol. The first-order valence-corrected chi connectivity index (χ1v) is 9.55. The van der Waals surface area contributed by atoms with Crippen LogP contribution in [-0.2, 0) is 20.9 Å². The Morgan fingerprint density at radius 3 is 2.27 bits per heavy atom. The lowest BCUT2D eigenvalue weighted by Crippen LogP contribution is -2.42. The van der Waals surface area contributed by atoms with Gasteiger partial charge in [-0.25, -0.2) is 0 Å². The van der Waals surface area contributed by atoms with E-state index in [0.29, 0.717) is 13.1 Å². The molecule has 3 aliphatic rings. The van der Waals surface area contributed by atoms with Gasteiger partial charge in [-0.1, -0.05) is 42.5 Å². The lowest BCUT2D eigenvalue weighted by Gasteiger charge is -2.25. The average Bonchev–Trinajstić information content (AvgIpc) is 3.34. The number of hydrogen-bond acceptors (Lipinski definition) is 3. The van der Waals surface area contributed by atoms with Crippen molar-refractivity contribution in [2.24, 2.45) is 23.7 Å². The fraction of sp³-hybridized carbons (Fsp3) is 0.450. The highest BCUT2D eigenvalue weighted by Gasteiger charge is 2.59. The molecule has 6 heteroatoms. The molecule has 1 aliphatic heterocycles. The number of allylic oxidation sites excluding steroid dienone is 2. The maximum Gasteiger partial charge on any atom is 0.237 e. The Balaban J connectivity index is 1.44. The van der Waals surface area contributed by atoms with Gasteiger partial charge in [0.15, 0.2) is 0 Å². The van der Waals surface area contributed by atoms with E-state index in [1.807, 2.05) is 30.3 Å². The minimum absolute atomic E-state index is 0.0742. The zero-order chi connectivity index (χ0) is 18.3. The number of amides is 3. The van der Waals surface area contributed by atoms with Gasteiger partial charge in [0.1, 0.15) is 5.88 Å². The molecule has 1 saturated heterocycles. The van der Waals surface area contributed by atoms with Gasteiger partial charge in [-0.2, -0.15) is 0 Å². The van der Waals surface area contributed by atoms with Crippen LogP contribution in [0.2, 0.25) is 0 Å². The molecule has 1 aromatic rings. The van der Waals surface area contributed by atoms with Crippen LogP contribution in [0.4, 0.5) is 0 Å². The number of benzene rings is 1. The zero-order valence-electron chi connectivity index (χ0n) is 14.4. The minimum atomic E-state index is -0.198. The molecule has 2 aliphatic carbocycles. The van der Waals surface area contributed by atoms with Crippen molar-refractivity contribution in [1.82, 2.24) is 9.80 Å². The van der Waals surface area contributed by atoms with E-state index in [1.165, 1.54) is 4.90 Å². The number of imide groups is 1. The van der Waals surface area contributed by atoms with Gasteiger partial charge in [0.25, 0.3) is 0 Å². The molecular weight excluding hydrogens is 352 g/mol. The van der Waals surface area contributed by atoms with E-state index < -0.39 is 0 Å². The van der Waals surface area contributed by atoms with E-state index in [9.17, 15) is 14.4 Å². The Bertz CT molecular complexity index is 734. The van der Waals surface area contributed by atoms with Crippen molar-refractivity contribution >= 4 is 29.3 Å². The van der Waals surface area contributed by atoms with Gasteiger partial charge in [0.05, 0.1) is 11.8 Å². The number of likely N-dealkylation sites (tertiary alicyclic amines) is 1. The molecule has 3 amide bonds. The predicted octanol–water partition coefficient (Wildman–Crippen LogP) is 2.06. The molecular formula is C20H21ClN2O3. The summed E-state index contributed by atoms with van der Waals surface area (Å²) in [6.45, 7) is 0.960. The highest BCUT2D eigenvalue weighted by atomic mass is 35.5. The average molecular weight is 373 g/mol. The molecule has 0 radical (unpaired) electrons. The van der Waals surface area contributed by atoms with Gasteiger partial charge in [-0.05, 0) is 23.8 Å². The molecule has 4 rings (SSSR count). The van der Waals surface area contributed by atoms with Gasteiger partial charge < -0.3 is 4.90 Å². The number of halogens is 1. The molecule has 2 bridgehead atoms. The fourth-order valence-corrected chi connectivity index (χ4v) is 4.75. The Kier molecular flexibility index (Phi) is 4.57. The summed E-state index contributed by atoms with van der Waals surface area (Å²) in [6.07, 6.45) is 5.09. The van der Waals surface area contributed by atoms with Crippen LogP contribution in [0.5, 0.6) is 0 Å². The summed E-state index contributed by atoms with van der Waals surface area (Å²) in [5.74, 6) is -0.435. The normalized spacial score (nSPS) is 28.7. The third-order valence-corrected chi connectivity index (χ3v) is 6.07.